The largest absolute Gasteiger partial charge is 0.496 e. The number of carboxylic acid groups (broad SMARTS) is 1. The van der Waals surface area contributed by atoms with Crippen LogP contribution in [-0.4, -0.2) is 50.6 Å². The van der Waals surface area contributed by atoms with E-state index in [9.17, 15) is 18.0 Å². The normalized spacial score (nSPS) is 12.5. The Balaban J connectivity index is 2.84. The number of carboxylic acids is 1. The Kier molecular flexibility index (Phi) is 5.71. The van der Waals surface area contributed by atoms with E-state index in [1.54, 1.807) is 18.2 Å². The lowest BCUT2D eigenvalue weighted by atomic mass is 10.1. The molecule has 0 aliphatic rings. The molecule has 1 rings (SSSR count). The van der Waals surface area contributed by atoms with Crippen molar-refractivity contribution in [2.45, 2.75) is 12.5 Å². The van der Waals surface area contributed by atoms with Crippen molar-refractivity contribution >= 4 is 21.7 Å². The zero-order valence-corrected chi connectivity index (χ0v) is 12.5. The van der Waals surface area contributed by atoms with E-state index in [2.05, 4.69) is 5.32 Å². The molecule has 1 aromatic rings. The molecule has 116 valence electrons. The molecule has 0 saturated carbocycles. The van der Waals surface area contributed by atoms with E-state index < -0.39 is 27.8 Å². The van der Waals surface area contributed by atoms with Gasteiger partial charge in [0.2, 0.25) is 0 Å². The van der Waals surface area contributed by atoms with Crippen molar-refractivity contribution in [2.24, 2.45) is 0 Å². The van der Waals surface area contributed by atoms with Crippen LogP contribution < -0.4 is 10.1 Å². The van der Waals surface area contributed by atoms with Gasteiger partial charge in [-0.25, -0.2) is 13.2 Å². The van der Waals surface area contributed by atoms with Crippen LogP contribution in [0.25, 0.3) is 0 Å². The maximum atomic E-state index is 12.1. The topological polar surface area (TPSA) is 110 Å². The Morgan fingerprint density at radius 1 is 1.33 bits per heavy atom. The van der Waals surface area contributed by atoms with E-state index in [-0.39, 0.29) is 17.7 Å². The summed E-state index contributed by atoms with van der Waals surface area (Å²) >= 11 is 0. The smallest absolute Gasteiger partial charge is 0.326 e. The van der Waals surface area contributed by atoms with Gasteiger partial charge in [-0.2, -0.15) is 0 Å². The third kappa shape index (κ3) is 5.42. The van der Waals surface area contributed by atoms with Crippen LogP contribution in [0.3, 0.4) is 0 Å². The summed E-state index contributed by atoms with van der Waals surface area (Å²) in [5, 5.41) is 11.3. The SMILES string of the molecule is COc1ccccc1C(=O)NC(CCS(C)(=O)=O)C(=O)O. The Bertz CT molecular complexity index is 625. The van der Waals surface area contributed by atoms with Gasteiger partial charge in [-0.05, 0) is 18.6 Å². The summed E-state index contributed by atoms with van der Waals surface area (Å²) in [6, 6.07) is 5.07. The number of ether oxygens (including phenoxy) is 1. The first-order chi connectivity index (χ1) is 9.74. The maximum Gasteiger partial charge on any atom is 0.326 e. The molecule has 7 nitrogen and oxygen atoms in total. The fourth-order valence-corrected chi connectivity index (χ4v) is 2.32. The summed E-state index contributed by atoms with van der Waals surface area (Å²) < 4.78 is 27.2. The van der Waals surface area contributed by atoms with Gasteiger partial charge in [0.1, 0.15) is 21.6 Å². The number of sulfone groups is 1. The number of carbonyl (C=O) groups is 2. The van der Waals surface area contributed by atoms with E-state index in [0.29, 0.717) is 5.75 Å². The number of hydrogen-bond donors (Lipinski definition) is 2. The third-order valence-electron chi connectivity index (χ3n) is 2.73. The number of nitrogens with one attached hydrogen (secondary N) is 1. The van der Waals surface area contributed by atoms with Gasteiger partial charge in [0, 0.05) is 6.26 Å². The molecule has 0 aliphatic heterocycles. The summed E-state index contributed by atoms with van der Waals surface area (Å²) in [7, 11) is -1.91. The Morgan fingerprint density at radius 2 is 1.95 bits per heavy atom. The molecule has 0 radical (unpaired) electrons. The van der Waals surface area contributed by atoms with Crippen LogP contribution >= 0.6 is 0 Å². The van der Waals surface area contributed by atoms with E-state index >= 15 is 0 Å². The van der Waals surface area contributed by atoms with Gasteiger partial charge in [0.05, 0.1) is 18.4 Å². The molecule has 1 amide bonds. The van der Waals surface area contributed by atoms with Gasteiger partial charge in [-0.1, -0.05) is 12.1 Å². The van der Waals surface area contributed by atoms with Crippen molar-refractivity contribution in [2.75, 3.05) is 19.1 Å². The molecule has 8 heteroatoms. The molecule has 0 bridgehead atoms. The highest BCUT2D eigenvalue weighted by Crippen LogP contribution is 2.17. The van der Waals surface area contributed by atoms with Crippen LogP contribution in [0.1, 0.15) is 16.8 Å². The number of methoxy groups -OCH3 is 1. The highest BCUT2D eigenvalue weighted by atomic mass is 32.2. The number of hydrogen-bond acceptors (Lipinski definition) is 5. The van der Waals surface area contributed by atoms with Gasteiger partial charge in [-0.3, -0.25) is 4.79 Å². The standard InChI is InChI=1S/C13H17NO6S/c1-20-11-6-4-3-5-9(11)12(15)14-10(13(16)17)7-8-21(2,18)19/h3-6,10H,7-8H2,1-2H3,(H,14,15)(H,16,17). The van der Waals surface area contributed by atoms with Crippen molar-refractivity contribution in [1.82, 2.24) is 5.32 Å². The number of aliphatic carboxylic acids is 1. The first-order valence-electron chi connectivity index (χ1n) is 6.09. The lowest BCUT2D eigenvalue weighted by Crippen LogP contribution is -2.42. The first-order valence-corrected chi connectivity index (χ1v) is 8.15. The maximum absolute atomic E-state index is 12.1. The zero-order valence-electron chi connectivity index (χ0n) is 11.7. The van der Waals surface area contributed by atoms with Gasteiger partial charge in [-0.15, -0.1) is 0 Å². The molecule has 1 aromatic carbocycles. The fraction of sp³-hybridized carbons (Fsp3) is 0.385. The monoisotopic (exact) mass is 315 g/mol. The third-order valence-corrected chi connectivity index (χ3v) is 3.71. The predicted octanol–water partition coefficient (Wildman–Crippen LogP) is 0.313. The summed E-state index contributed by atoms with van der Waals surface area (Å²) in [4.78, 5) is 23.2. The fourth-order valence-electron chi connectivity index (χ4n) is 1.66. The van der Waals surface area contributed by atoms with Gasteiger partial charge in [0.25, 0.3) is 5.91 Å². The predicted molar refractivity (Wildman–Crippen MR) is 76.2 cm³/mol. The molecular formula is C13H17NO6S. The Labute approximate surface area is 122 Å². The lowest BCUT2D eigenvalue weighted by molar-refractivity contribution is -0.139. The number of benzene rings is 1. The lowest BCUT2D eigenvalue weighted by Gasteiger charge is -2.15. The minimum Gasteiger partial charge on any atom is -0.496 e. The number of carbonyl (C=O) groups excluding carboxylic acids is 1. The summed E-state index contributed by atoms with van der Waals surface area (Å²) in [6.45, 7) is 0. The molecule has 1 atom stereocenters. The minimum atomic E-state index is -3.31. The van der Waals surface area contributed by atoms with Gasteiger partial charge in [0.15, 0.2) is 0 Å². The molecule has 1 unspecified atom stereocenters. The van der Waals surface area contributed by atoms with Crippen molar-refractivity contribution < 1.29 is 27.9 Å². The van der Waals surface area contributed by atoms with E-state index in [1.807, 2.05) is 0 Å². The molecule has 0 spiro atoms. The van der Waals surface area contributed by atoms with Crippen molar-refractivity contribution in [3.8, 4) is 5.75 Å². The molecule has 0 saturated heterocycles. The molecule has 0 aromatic heterocycles. The molecule has 0 heterocycles. The number of para-hydroxylation sites is 1. The molecule has 21 heavy (non-hydrogen) atoms. The van der Waals surface area contributed by atoms with Crippen LogP contribution in [0.5, 0.6) is 5.75 Å². The van der Waals surface area contributed by atoms with E-state index in [1.165, 1.54) is 13.2 Å². The highest BCUT2D eigenvalue weighted by Gasteiger charge is 2.23. The number of rotatable bonds is 7. The summed E-state index contributed by atoms with van der Waals surface area (Å²) in [6.07, 6.45) is 0.809. The van der Waals surface area contributed by atoms with Crippen LogP contribution in [0, 0.1) is 0 Å². The second-order valence-electron chi connectivity index (χ2n) is 4.48. The number of amides is 1. The van der Waals surface area contributed by atoms with E-state index in [4.69, 9.17) is 9.84 Å². The zero-order chi connectivity index (χ0) is 16.0. The second-order valence-corrected chi connectivity index (χ2v) is 6.74. The first kappa shape index (κ1) is 17.0. The quantitative estimate of drug-likeness (QED) is 0.749. The van der Waals surface area contributed by atoms with Crippen molar-refractivity contribution in [3.63, 3.8) is 0 Å². The van der Waals surface area contributed by atoms with Crippen LogP contribution in [0.4, 0.5) is 0 Å². The summed E-state index contributed by atoms with van der Waals surface area (Å²) in [5.74, 6) is -1.94. The molecule has 0 fully saturated rings. The van der Waals surface area contributed by atoms with Crippen molar-refractivity contribution in [3.05, 3.63) is 29.8 Å². The van der Waals surface area contributed by atoms with E-state index in [0.717, 1.165) is 6.26 Å². The highest BCUT2D eigenvalue weighted by molar-refractivity contribution is 7.90. The Hall–Kier alpha value is -2.09. The van der Waals surface area contributed by atoms with Gasteiger partial charge < -0.3 is 15.2 Å². The molecular weight excluding hydrogens is 298 g/mol. The summed E-state index contributed by atoms with van der Waals surface area (Å²) in [5.41, 5.74) is 0.186. The molecule has 0 aliphatic carbocycles. The van der Waals surface area contributed by atoms with Crippen LogP contribution in [0.15, 0.2) is 24.3 Å². The second kappa shape index (κ2) is 7.07. The van der Waals surface area contributed by atoms with Crippen LogP contribution in [0.2, 0.25) is 0 Å². The van der Waals surface area contributed by atoms with Crippen LogP contribution in [-0.2, 0) is 14.6 Å². The minimum absolute atomic E-state index is 0.186. The molecule has 2 N–H and O–H groups in total. The van der Waals surface area contributed by atoms with Crippen molar-refractivity contribution in [1.29, 1.82) is 0 Å². The average molecular weight is 315 g/mol. The van der Waals surface area contributed by atoms with Gasteiger partial charge >= 0.3 is 5.97 Å². The average Bonchev–Trinajstić information content (AvgIpc) is 2.41. The Morgan fingerprint density at radius 3 is 2.48 bits per heavy atom.